The first-order valence-corrected chi connectivity index (χ1v) is 10.5. The standard InChI is InChI=1S/C22H19Cl2N5O2/c23-17-5-6-19(20(24)10-17)22(12-28-8-7-25-13-28)30-11-18(31-22)9-16-3-1-2-4-21(16)29-14-26-27-15-29/h1-8,10,13-15,18H,9,11-12H2. The van der Waals surface area contributed by atoms with E-state index in [0.29, 0.717) is 29.6 Å². The number of aromatic nitrogens is 5. The predicted molar refractivity (Wildman–Crippen MR) is 116 cm³/mol. The maximum atomic E-state index is 6.57. The highest BCUT2D eigenvalue weighted by atomic mass is 35.5. The Morgan fingerprint density at radius 2 is 1.90 bits per heavy atom. The van der Waals surface area contributed by atoms with Crippen LogP contribution < -0.4 is 0 Å². The molecular formula is C22H19Cl2N5O2. The van der Waals surface area contributed by atoms with Gasteiger partial charge in [0.05, 0.1) is 36.3 Å². The van der Waals surface area contributed by atoms with Gasteiger partial charge in [0.25, 0.3) is 0 Å². The molecule has 9 heteroatoms. The van der Waals surface area contributed by atoms with E-state index in [1.807, 2.05) is 39.6 Å². The van der Waals surface area contributed by atoms with Crippen LogP contribution in [-0.2, 0) is 28.2 Å². The van der Waals surface area contributed by atoms with Crippen molar-refractivity contribution in [3.63, 3.8) is 0 Å². The van der Waals surface area contributed by atoms with Gasteiger partial charge in [-0.05, 0) is 23.8 Å². The van der Waals surface area contributed by atoms with E-state index in [1.165, 1.54) is 0 Å². The van der Waals surface area contributed by atoms with Crippen LogP contribution in [0.4, 0.5) is 0 Å². The highest BCUT2D eigenvalue weighted by Gasteiger charge is 2.45. The third-order valence-electron chi connectivity index (χ3n) is 5.29. The molecule has 0 amide bonds. The Bertz CT molecular complexity index is 1170. The summed E-state index contributed by atoms with van der Waals surface area (Å²) in [4.78, 5) is 4.14. The van der Waals surface area contributed by atoms with Crippen LogP contribution >= 0.6 is 23.2 Å². The quantitative estimate of drug-likeness (QED) is 0.433. The van der Waals surface area contributed by atoms with E-state index in [4.69, 9.17) is 32.7 Å². The van der Waals surface area contributed by atoms with Crippen molar-refractivity contribution in [1.29, 1.82) is 0 Å². The van der Waals surface area contributed by atoms with Gasteiger partial charge in [-0.1, -0.05) is 47.5 Å². The molecule has 2 aromatic heterocycles. The van der Waals surface area contributed by atoms with E-state index >= 15 is 0 Å². The van der Waals surface area contributed by atoms with Crippen molar-refractivity contribution in [2.45, 2.75) is 24.9 Å². The summed E-state index contributed by atoms with van der Waals surface area (Å²) in [6, 6.07) is 13.5. The third kappa shape index (κ3) is 4.09. The molecule has 5 rings (SSSR count). The van der Waals surface area contributed by atoms with E-state index in [-0.39, 0.29) is 6.10 Å². The Kier molecular flexibility index (Phi) is 5.50. The largest absolute Gasteiger partial charge is 0.342 e. The first kappa shape index (κ1) is 20.2. The summed E-state index contributed by atoms with van der Waals surface area (Å²) in [5.41, 5.74) is 2.85. The van der Waals surface area contributed by atoms with Crippen molar-refractivity contribution in [3.05, 3.63) is 95.0 Å². The van der Waals surface area contributed by atoms with Crippen LogP contribution in [0.3, 0.4) is 0 Å². The summed E-state index contributed by atoms with van der Waals surface area (Å²) < 4.78 is 16.7. The van der Waals surface area contributed by atoms with Gasteiger partial charge in [-0.2, -0.15) is 0 Å². The summed E-state index contributed by atoms with van der Waals surface area (Å²) in [5, 5.41) is 8.89. The average Bonchev–Trinajstić information content (AvgIpc) is 3.52. The summed E-state index contributed by atoms with van der Waals surface area (Å²) >= 11 is 12.7. The van der Waals surface area contributed by atoms with Gasteiger partial charge < -0.3 is 14.0 Å². The zero-order valence-electron chi connectivity index (χ0n) is 16.4. The minimum Gasteiger partial charge on any atom is -0.342 e. The number of hydrogen-bond acceptors (Lipinski definition) is 5. The third-order valence-corrected chi connectivity index (χ3v) is 5.83. The Morgan fingerprint density at radius 1 is 1.06 bits per heavy atom. The SMILES string of the molecule is Clc1ccc(C2(Cn3ccnc3)OCC(Cc3ccccc3-n3cnnc3)O2)c(Cl)c1. The topological polar surface area (TPSA) is 67.0 Å². The van der Waals surface area contributed by atoms with Crippen molar-refractivity contribution < 1.29 is 9.47 Å². The second kappa shape index (κ2) is 8.43. The molecule has 1 fully saturated rings. The number of hydrogen-bond donors (Lipinski definition) is 0. The molecule has 0 radical (unpaired) electrons. The Labute approximate surface area is 189 Å². The minimum atomic E-state index is -1.04. The van der Waals surface area contributed by atoms with E-state index in [9.17, 15) is 0 Å². The van der Waals surface area contributed by atoms with Crippen molar-refractivity contribution >= 4 is 23.2 Å². The highest BCUT2D eigenvalue weighted by Crippen LogP contribution is 2.41. The maximum absolute atomic E-state index is 6.57. The average molecular weight is 456 g/mol. The van der Waals surface area contributed by atoms with Crippen molar-refractivity contribution in [1.82, 2.24) is 24.3 Å². The van der Waals surface area contributed by atoms with Crippen LogP contribution in [0.25, 0.3) is 5.69 Å². The normalized spacial score (nSPS) is 20.9. The minimum absolute atomic E-state index is 0.173. The monoisotopic (exact) mass is 455 g/mol. The lowest BCUT2D eigenvalue weighted by Crippen LogP contribution is -2.34. The summed E-state index contributed by atoms with van der Waals surface area (Å²) in [7, 11) is 0. The van der Waals surface area contributed by atoms with Gasteiger partial charge in [-0.3, -0.25) is 4.57 Å². The fraction of sp³-hybridized carbons (Fsp3) is 0.227. The van der Waals surface area contributed by atoms with Crippen LogP contribution in [0, 0.1) is 0 Å². The number of benzene rings is 2. The first-order valence-electron chi connectivity index (χ1n) is 9.79. The molecule has 31 heavy (non-hydrogen) atoms. The Balaban J connectivity index is 1.45. The molecule has 7 nitrogen and oxygen atoms in total. The number of para-hydroxylation sites is 1. The molecule has 0 spiro atoms. The van der Waals surface area contributed by atoms with Gasteiger partial charge >= 0.3 is 0 Å². The lowest BCUT2D eigenvalue weighted by molar-refractivity contribution is -0.186. The van der Waals surface area contributed by atoms with Gasteiger partial charge in [-0.15, -0.1) is 10.2 Å². The lowest BCUT2D eigenvalue weighted by Gasteiger charge is -2.30. The number of halogens is 2. The fourth-order valence-corrected chi connectivity index (χ4v) is 4.45. The molecule has 0 saturated carbocycles. The van der Waals surface area contributed by atoms with Gasteiger partial charge in [0.1, 0.15) is 12.7 Å². The predicted octanol–water partition coefficient (Wildman–Crippen LogP) is 4.28. The van der Waals surface area contributed by atoms with Crippen LogP contribution in [0.2, 0.25) is 10.0 Å². The lowest BCUT2D eigenvalue weighted by atomic mass is 10.0. The molecule has 1 saturated heterocycles. The second-order valence-corrected chi connectivity index (χ2v) is 8.21. The molecule has 4 aromatic rings. The van der Waals surface area contributed by atoms with Crippen LogP contribution in [0.1, 0.15) is 11.1 Å². The first-order chi connectivity index (χ1) is 15.1. The summed E-state index contributed by atoms with van der Waals surface area (Å²) in [6.07, 6.45) is 9.17. The molecule has 0 bridgehead atoms. The number of nitrogens with zero attached hydrogens (tertiary/aromatic N) is 5. The van der Waals surface area contributed by atoms with E-state index < -0.39 is 5.79 Å². The number of ether oxygens (including phenoxy) is 2. The molecule has 2 unspecified atom stereocenters. The van der Waals surface area contributed by atoms with Crippen LogP contribution in [-0.4, -0.2) is 37.0 Å². The summed E-state index contributed by atoms with van der Waals surface area (Å²) in [5.74, 6) is -1.04. The van der Waals surface area contributed by atoms with E-state index in [1.54, 1.807) is 37.3 Å². The molecule has 158 valence electrons. The molecule has 2 atom stereocenters. The van der Waals surface area contributed by atoms with Crippen molar-refractivity contribution in [3.8, 4) is 5.69 Å². The van der Waals surface area contributed by atoms with Crippen LogP contribution in [0.15, 0.2) is 73.8 Å². The molecule has 0 N–H and O–H groups in total. The van der Waals surface area contributed by atoms with Gasteiger partial charge in [-0.25, -0.2) is 4.98 Å². The van der Waals surface area contributed by atoms with Crippen molar-refractivity contribution in [2.75, 3.05) is 6.61 Å². The Hall–Kier alpha value is -2.71. The summed E-state index contributed by atoms with van der Waals surface area (Å²) in [6.45, 7) is 0.835. The molecule has 0 aliphatic carbocycles. The second-order valence-electron chi connectivity index (χ2n) is 7.36. The highest BCUT2D eigenvalue weighted by molar-refractivity contribution is 6.35. The van der Waals surface area contributed by atoms with E-state index in [2.05, 4.69) is 21.2 Å². The number of imidazole rings is 1. The molecule has 3 heterocycles. The molecule has 1 aliphatic heterocycles. The maximum Gasteiger partial charge on any atom is 0.215 e. The molecule has 2 aromatic carbocycles. The zero-order chi connectivity index (χ0) is 21.3. The Morgan fingerprint density at radius 3 is 2.68 bits per heavy atom. The zero-order valence-corrected chi connectivity index (χ0v) is 17.9. The van der Waals surface area contributed by atoms with Gasteiger partial charge in [0.15, 0.2) is 0 Å². The van der Waals surface area contributed by atoms with Gasteiger partial charge in [0.2, 0.25) is 5.79 Å². The number of rotatable bonds is 6. The molecular weight excluding hydrogens is 437 g/mol. The smallest absolute Gasteiger partial charge is 0.215 e. The van der Waals surface area contributed by atoms with Crippen molar-refractivity contribution in [2.24, 2.45) is 0 Å². The van der Waals surface area contributed by atoms with Gasteiger partial charge in [0, 0.05) is 29.4 Å². The molecule has 1 aliphatic rings. The van der Waals surface area contributed by atoms with Crippen LogP contribution in [0.5, 0.6) is 0 Å². The van der Waals surface area contributed by atoms with E-state index in [0.717, 1.165) is 16.8 Å². The fourth-order valence-electron chi connectivity index (χ4n) is 3.90.